The maximum absolute atomic E-state index is 12.2. The lowest BCUT2D eigenvalue weighted by molar-refractivity contribution is -0.135. The fourth-order valence-electron chi connectivity index (χ4n) is 2.59. The van der Waals surface area contributed by atoms with E-state index in [1.54, 1.807) is 4.90 Å². The maximum Gasteiger partial charge on any atom is 0.223 e. The number of rotatable bonds is 3. The van der Waals surface area contributed by atoms with E-state index in [2.05, 4.69) is 24.3 Å². The van der Waals surface area contributed by atoms with Gasteiger partial charge in [-0.05, 0) is 32.8 Å². The molecule has 1 aliphatic rings. The quantitative estimate of drug-likeness (QED) is 0.836. The summed E-state index contributed by atoms with van der Waals surface area (Å²) >= 11 is 0. The monoisotopic (exact) mass is 259 g/mol. The standard InChI is InChI=1S/C16H21NO2/c1-12-4-6-13(7-5-12)8-9-15(19)17-11-14(18)10-16(17,2)3/h4-7H,8-11H2,1-3H3. The van der Waals surface area contributed by atoms with Crippen LogP contribution < -0.4 is 0 Å². The van der Waals surface area contributed by atoms with Gasteiger partial charge in [-0.15, -0.1) is 0 Å². The summed E-state index contributed by atoms with van der Waals surface area (Å²) in [4.78, 5) is 25.4. The van der Waals surface area contributed by atoms with Crippen molar-refractivity contribution in [3.63, 3.8) is 0 Å². The molecule has 1 aliphatic heterocycles. The Hall–Kier alpha value is -1.64. The van der Waals surface area contributed by atoms with Gasteiger partial charge in [-0.2, -0.15) is 0 Å². The van der Waals surface area contributed by atoms with E-state index in [1.807, 2.05) is 20.8 Å². The molecule has 1 heterocycles. The Morgan fingerprint density at radius 1 is 1.26 bits per heavy atom. The predicted octanol–water partition coefficient (Wildman–Crippen LogP) is 2.51. The van der Waals surface area contributed by atoms with E-state index in [1.165, 1.54) is 11.1 Å². The fourth-order valence-corrected chi connectivity index (χ4v) is 2.59. The number of Topliss-reactive ketones (excluding diaryl/α,β-unsaturated/α-hetero) is 1. The van der Waals surface area contributed by atoms with Crippen LogP contribution >= 0.6 is 0 Å². The lowest BCUT2D eigenvalue weighted by Gasteiger charge is -2.30. The van der Waals surface area contributed by atoms with Gasteiger partial charge in [0.2, 0.25) is 5.91 Å². The number of hydrogen-bond acceptors (Lipinski definition) is 2. The summed E-state index contributed by atoms with van der Waals surface area (Å²) in [6, 6.07) is 8.23. The Kier molecular flexibility index (Phi) is 3.74. The minimum absolute atomic E-state index is 0.0800. The van der Waals surface area contributed by atoms with Gasteiger partial charge in [0.05, 0.1) is 6.54 Å². The average molecular weight is 259 g/mol. The molecule has 102 valence electrons. The second-order valence-corrected chi connectivity index (χ2v) is 5.99. The van der Waals surface area contributed by atoms with Crippen LogP contribution in [0.1, 0.15) is 37.8 Å². The minimum Gasteiger partial charge on any atom is -0.330 e. The molecule has 0 unspecified atom stereocenters. The maximum atomic E-state index is 12.2. The van der Waals surface area contributed by atoms with Crippen molar-refractivity contribution in [2.45, 2.75) is 45.6 Å². The highest BCUT2D eigenvalue weighted by Crippen LogP contribution is 2.26. The molecule has 0 N–H and O–H groups in total. The van der Waals surface area contributed by atoms with E-state index in [0.29, 0.717) is 12.8 Å². The summed E-state index contributed by atoms with van der Waals surface area (Å²) in [5.74, 6) is 0.241. The number of nitrogens with zero attached hydrogens (tertiary/aromatic N) is 1. The van der Waals surface area contributed by atoms with Crippen LogP contribution in [0.3, 0.4) is 0 Å². The van der Waals surface area contributed by atoms with Crippen LogP contribution in [0.2, 0.25) is 0 Å². The van der Waals surface area contributed by atoms with Crippen LogP contribution in [-0.2, 0) is 16.0 Å². The Morgan fingerprint density at radius 2 is 1.89 bits per heavy atom. The lowest BCUT2D eigenvalue weighted by Crippen LogP contribution is -2.42. The Balaban J connectivity index is 1.95. The highest BCUT2D eigenvalue weighted by Gasteiger charge is 2.39. The molecule has 2 rings (SSSR count). The molecule has 0 saturated carbocycles. The molecule has 1 aromatic rings. The number of aryl methyl sites for hydroxylation is 2. The zero-order valence-corrected chi connectivity index (χ0v) is 11.9. The van der Waals surface area contributed by atoms with Crippen molar-refractivity contribution >= 4 is 11.7 Å². The van der Waals surface area contributed by atoms with E-state index >= 15 is 0 Å². The fraction of sp³-hybridized carbons (Fsp3) is 0.500. The highest BCUT2D eigenvalue weighted by molar-refractivity contribution is 5.91. The highest BCUT2D eigenvalue weighted by atomic mass is 16.2. The van der Waals surface area contributed by atoms with E-state index in [0.717, 1.165) is 6.42 Å². The summed E-state index contributed by atoms with van der Waals surface area (Å²) in [6.07, 6.45) is 1.68. The van der Waals surface area contributed by atoms with Crippen LogP contribution in [0.15, 0.2) is 24.3 Å². The first-order chi connectivity index (χ1) is 8.88. The zero-order valence-electron chi connectivity index (χ0n) is 11.9. The molecule has 0 bridgehead atoms. The second-order valence-electron chi connectivity index (χ2n) is 5.99. The van der Waals surface area contributed by atoms with Gasteiger partial charge in [0.25, 0.3) is 0 Å². The number of amides is 1. The van der Waals surface area contributed by atoms with E-state index < -0.39 is 0 Å². The predicted molar refractivity (Wildman–Crippen MR) is 74.9 cm³/mol. The zero-order chi connectivity index (χ0) is 14.0. The molecule has 19 heavy (non-hydrogen) atoms. The van der Waals surface area contributed by atoms with Crippen LogP contribution in [0.25, 0.3) is 0 Å². The molecule has 0 radical (unpaired) electrons. The van der Waals surface area contributed by atoms with Crippen LogP contribution in [0, 0.1) is 6.92 Å². The summed E-state index contributed by atoms with van der Waals surface area (Å²) in [5.41, 5.74) is 2.07. The van der Waals surface area contributed by atoms with Crippen molar-refractivity contribution < 1.29 is 9.59 Å². The van der Waals surface area contributed by atoms with Crippen LogP contribution in [0.5, 0.6) is 0 Å². The third kappa shape index (κ3) is 3.22. The Morgan fingerprint density at radius 3 is 2.42 bits per heavy atom. The number of benzene rings is 1. The molecular formula is C16H21NO2. The van der Waals surface area contributed by atoms with Gasteiger partial charge in [0.15, 0.2) is 5.78 Å². The molecule has 0 aliphatic carbocycles. The number of ketones is 1. The first kappa shape index (κ1) is 13.8. The van der Waals surface area contributed by atoms with Gasteiger partial charge >= 0.3 is 0 Å². The Bertz CT molecular complexity index is 488. The first-order valence-corrected chi connectivity index (χ1v) is 6.76. The van der Waals surface area contributed by atoms with Gasteiger partial charge in [-0.25, -0.2) is 0 Å². The van der Waals surface area contributed by atoms with Crippen molar-refractivity contribution in [1.82, 2.24) is 4.90 Å². The number of likely N-dealkylation sites (tertiary alicyclic amines) is 1. The number of hydrogen-bond donors (Lipinski definition) is 0. The van der Waals surface area contributed by atoms with Gasteiger partial charge in [0.1, 0.15) is 0 Å². The van der Waals surface area contributed by atoms with Crippen molar-refractivity contribution in [2.75, 3.05) is 6.54 Å². The first-order valence-electron chi connectivity index (χ1n) is 6.76. The van der Waals surface area contributed by atoms with E-state index in [9.17, 15) is 9.59 Å². The van der Waals surface area contributed by atoms with Crippen molar-refractivity contribution in [1.29, 1.82) is 0 Å². The summed E-state index contributed by atoms with van der Waals surface area (Å²) in [7, 11) is 0. The molecule has 0 spiro atoms. The molecule has 1 fully saturated rings. The molecule has 1 saturated heterocycles. The molecule has 3 heteroatoms. The molecule has 1 aromatic carbocycles. The third-order valence-corrected chi connectivity index (χ3v) is 3.74. The molecule has 3 nitrogen and oxygen atoms in total. The molecule has 0 atom stereocenters. The molecule has 1 amide bonds. The summed E-state index contributed by atoms with van der Waals surface area (Å²) in [6.45, 7) is 6.25. The van der Waals surface area contributed by atoms with Crippen LogP contribution in [-0.4, -0.2) is 28.7 Å². The largest absolute Gasteiger partial charge is 0.330 e. The average Bonchev–Trinajstić information content (AvgIpc) is 2.61. The third-order valence-electron chi connectivity index (χ3n) is 3.74. The normalized spacial score (nSPS) is 17.8. The SMILES string of the molecule is Cc1ccc(CCC(=O)N2CC(=O)CC2(C)C)cc1. The van der Waals surface area contributed by atoms with Crippen molar-refractivity contribution in [3.8, 4) is 0 Å². The minimum atomic E-state index is -0.318. The number of carbonyl (C=O) groups is 2. The molecule has 0 aromatic heterocycles. The van der Waals surface area contributed by atoms with E-state index in [-0.39, 0.29) is 23.8 Å². The van der Waals surface area contributed by atoms with Gasteiger partial charge in [0, 0.05) is 18.4 Å². The Labute approximate surface area is 114 Å². The van der Waals surface area contributed by atoms with Gasteiger partial charge in [-0.3, -0.25) is 9.59 Å². The molecular weight excluding hydrogens is 238 g/mol. The number of carbonyl (C=O) groups excluding carboxylic acids is 2. The lowest BCUT2D eigenvalue weighted by atomic mass is 10.0. The second kappa shape index (κ2) is 5.16. The van der Waals surface area contributed by atoms with Crippen molar-refractivity contribution in [3.05, 3.63) is 35.4 Å². The van der Waals surface area contributed by atoms with Gasteiger partial charge < -0.3 is 4.90 Å². The smallest absolute Gasteiger partial charge is 0.223 e. The van der Waals surface area contributed by atoms with Crippen molar-refractivity contribution in [2.24, 2.45) is 0 Å². The topological polar surface area (TPSA) is 37.4 Å². The van der Waals surface area contributed by atoms with Crippen LogP contribution in [0.4, 0.5) is 0 Å². The van der Waals surface area contributed by atoms with E-state index in [4.69, 9.17) is 0 Å². The summed E-state index contributed by atoms with van der Waals surface area (Å²) in [5, 5.41) is 0. The van der Waals surface area contributed by atoms with Gasteiger partial charge in [-0.1, -0.05) is 29.8 Å². The summed E-state index contributed by atoms with van der Waals surface area (Å²) < 4.78 is 0.